The van der Waals surface area contributed by atoms with E-state index in [9.17, 15) is 0 Å². The third kappa shape index (κ3) is 10.8. The fraction of sp³-hybridized carbons (Fsp3) is 0.308. The molecule has 12 heteroatoms. The predicted molar refractivity (Wildman–Crippen MR) is 145 cm³/mol. The topological polar surface area (TPSA) is 119 Å². The largest absolute Gasteiger partial charge is 0 e. The molecule has 4 bridgehead atoms. The standard InChI is InChI=1S/C20H32Si4.6CO.2Cr/c1-21(2)17-9-11-19(12-10-17)23(5,6)24(7,8)20-15-13-18(14-16-20)22(21,3)4;6*1-2;;/h9-16H,1-8H3;;;;;;;;. The molecule has 2 aromatic carbocycles. The monoisotopic (exact) mass is 656 g/mol. The van der Waals surface area contributed by atoms with Crippen LogP contribution in [0.2, 0.25) is 52.4 Å². The van der Waals surface area contributed by atoms with Crippen molar-refractivity contribution >= 4 is 51.1 Å². The van der Waals surface area contributed by atoms with Gasteiger partial charge in [-0.25, -0.2) is 0 Å². The van der Waals surface area contributed by atoms with Crippen molar-refractivity contribution < 1.29 is 62.6 Å². The van der Waals surface area contributed by atoms with Crippen molar-refractivity contribution in [1.82, 2.24) is 0 Å². The van der Waals surface area contributed by atoms with E-state index in [4.69, 9.17) is 27.9 Å². The molecule has 2 aromatic rings. The minimum Gasteiger partial charge on any atom is 0 e. The first-order valence-corrected chi connectivity index (χ1v) is 24.4. The zero-order valence-electron chi connectivity index (χ0n) is 22.9. The van der Waals surface area contributed by atoms with Gasteiger partial charge in [-0.1, -0.05) is 122 Å². The summed E-state index contributed by atoms with van der Waals surface area (Å²) in [6, 6.07) is 20.0. The van der Waals surface area contributed by atoms with Gasteiger partial charge in [0.1, 0.15) is 0 Å². The van der Waals surface area contributed by atoms with Crippen molar-refractivity contribution in [2.24, 2.45) is 0 Å². The second-order valence-corrected chi connectivity index (χ2v) is 40.0. The van der Waals surface area contributed by atoms with Crippen LogP contribution in [-0.2, 0) is 62.6 Å². The molecule has 0 aromatic heterocycles. The van der Waals surface area contributed by atoms with Gasteiger partial charge in [0.15, 0.2) is 0 Å². The van der Waals surface area contributed by atoms with E-state index in [2.05, 4.69) is 141 Å². The minimum atomic E-state index is -1.48. The van der Waals surface area contributed by atoms with Gasteiger partial charge in [-0.3, -0.25) is 0 Å². The van der Waals surface area contributed by atoms with E-state index >= 15 is 0 Å². The van der Waals surface area contributed by atoms with Gasteiger partial charge in [-0.05, 0) is 0 Å². The van der Waals surface area contributed by atoms with Crippen LogP contribution in [0.5, 0.6) is 0 Å². The maximum absolute atomic E-state index is 7.50. The molecule has 0 saturated carbocycles. The molecule has 200 valence electrons. The zero-order chi connectivity index (χ0) is 30.0. The zero-order valence-corrected chi connectivity index (χ0v) is 29.4. The van der Waals surface area contributed by atoms with Crippen LogP contribution in [0.25, 0.3) is 0 Å². The van der Waals surface area contributed by atoms with E-state index in [1.54, 1.807) is 20.7 Å². The normalized spacial score (nSPS) is 14.6. The summed E-state index contributed by atoms with van der Waals surface area (Å²) < 4.78 is 45.0. The average Bonchev–Trinajstić information content (AvgIpc) is 2.95. The third-order valence-electron chi connectivity index (χ3n) is 7.78. The molecular formula is C26H32Cr2O6Si4. The van der Waals surface area contributed by atoms with Crippen LogP contribution in [0, 0.1) is 39.9 Å². The smallest absolute Gasteiger partial charge is 0 e. The fourth-order valence-corrected chi connectivity index (χ4v) is 21.6. The summed E-state index contributed by atoms with van der Waals surface area (Å²) in [7, 11) is -5.92. The molecule has 4 heterocycles. The summed E-state index contributed by atoms with van der Waals surface area (Å²) in [5, 5.41) is 6.60. The first-order valence-electron chi connectivity index (χ1n) is 10.4. The Morgan fingerprint density at radius 2 is 0.395 bits per heavy atom. The Morgan fingerprint density at radius 1 is 0.316 bits per heavy atom. The summed E-state index contributed by atoms with van der Waals surface area (Å²) in [5.41, 5.74) is 0. The van der Waals surface area contributed by atoms with Gasteiger partial charge >= 0.3 is 67.8 Å². The predicted octanol–water partition coefficient (Wildman–Crippen LogP) is 2.99. The summed E-state index contributed by atoms with van der Waals surface area (Å²) in [5.74, 6) is 0. The molecule has 0 saturated heterocycles. The molecular weight excluding hydrogens is 625 g/mol. The first kappa shape index (κ1) is 49.7. The number of hydrogen-bond donors (Lipinski definition) is 0. The van der Waals surface area contributed by atoms with Crippen molar-refractivity contribution in [1.29, 1.82) is 0 Å². The van der Waals surface area contributed by atoms with E-state index in [0.29, 0.717) is 0 Å². The molecule has 0 unspecified atom stereocenters. The molecule has 4 aliphatic heterocycles. The van der Waals surface area contributed by atoms with Gasteiger partial charge in [0.25, 0.3) is 0 Å². The molecule has 0 spiro atoms. The molecule has 0 N–H and O–H groups in total. The maximum atomic E-state index is 7.50. The minimum absolute atomic E-state index is 0. The van der Waals surface area contributed by atoms with Crippen LogP contribution in [0.4, 0.5) is 0 Å². The Kier molecular flexibility index (Phi) is 31.0. The van der Waals surface area contributed by atoms with Crippen molar-refractivity contribution in [2.75, 3.05) is 0 Å². The molecule has 38 heavy (non-hydrogen) atoms. The molecule has 6 rings (SSSR count). The summed E-state index contributed by atoms with van der Waals surface area (Å²) in [4.78, 5) is 0. The van der Waals surface area contributed by atoms with Crippen LogP contribution >= 0.6 is 0 Å². The number of hydrogen-bond acceptors (Lipinski definition) is 0. The average molecular weight is 657 g/mol. The molecule has 0 fully saturated rings. The second-order valence-electron chi connectivity index (χ2n) is 9.65. The van der Waals surface area contributed by atoms with Crippen molar-refractivity contribution in [3.8, 4) is 0 Å². The van der Waals surface area contributed by atoms with E-state index in [1.807, 2.05) is 0 Å². The molecule has 0 aliphatic carbocycles. The van der Waals surface area contributed by atoms with E-state index in [0.717, 1.165) is 0 Å². The fourth-order valence-electron chi connectivity index (χ4n) is 4.05. The summed E-state index contributed by atoms with van der Waals surface area (Å²) >= 11 is 0. The molecule has 0 atom stereocenters. The van der Waals surface area contributed by atoms with Gasteiger partial charge in [0, 0.05) is 34.7 Å². The quantitative estimate of drug-likeness (QED) is 0.236. The Morgan fingerprint density at radius 3 is 0.474 bits per heavy atom. The Hall–Kier alpha value is -1.19. The van der Waals surface area contributed by atoms with Crippen LogP contribution in [0.3, 0.4) is 0 Å². The number of benzene rings is 2. The van der Waals surface area contributed by atoms with E-state index < -0.39 is 30.4 Å². The van der Waals surface area contributed by atoms with Crippen molar-refractivity contribution in [3.05, 3.63) is 88.4 Å². The summed E-state index contributed by atoms with van der Waals surface area (Å²) in [6.07, 6.45) is 0. The SMILES string of the molecule is C[Si]1(C)c2ccc(cc2)[Si](C)(C)[Si](C)(C)c2ccc(cc2)[Si]1(C)C.[C-]#[O+].[C-]#[O+].[C-]#[O+].[C-]#[O+].[C-]#[O+].[C-]#[O+].[Cr].[Cr]. The number of rotatable bonds is 0. The van der Waals surface area contributed by atoms with E-state index in [-0.39, 0.29) is 34.7 Å². The van der Waals surface area contributed by atoms with Gasteiger partial charge in [-0.2, -0.15) is 0 Å². The van der Waals surface area contributed by atoms with Crippen molar-refractivity contribution in [2.45, 2.75) is 52.4 Å². The van der Waals surface area contributed by atoms with Gasteiger partial charge in [0.05, 0.1) is 30.4 Å². The van der Waals surface area contributed by atoms with E-state index in [1.165, 1.54) is 0 Å². The molecule has 4 aliphatic rings. The maximum Gasteiger partial charge on any atom is 0 e. The Balaban J connectivity index is -0.000000162. The first-order chi connectivity index (χ1) is 16.9. The second kappa shape index (κ2) is 23.7. The third-order valence-corrected chi connectivity index (χ3v) is 43.4. The Labute approximate surface area is 253 Å². The van der Waals surface area contributed by atoms with Crippen LogP contribution in [0.1, 0.15) is 0 Å². The molecule has 0 radical (unpaired) electrons. The Bertz CT molecular complexity index is 858. The van der Waals surface area contributed by atoms with Crippen LogP contribution in [-0.4, -0.2) is 30.4 Å². The van der Waals surface area contributed by atoms with Gasteiger partial charge < -0.3 is 0 Å². The van der Waals surface area contributed by atoms with Gasteiger partial charge in [0.2, 0.25) is 0 Å². The van der Waals surface area contributed by atoms with Crippen molar-refractivity contribution in [3.63, 3.8) is 0 Å². The molecule has 0 amide bonds. The summed E-state index contributed by atoms with van der Waals surface area (Å²) in [6.45, 7) is 47.7. The van der Waals surface area contributed by atoms with Crippen LogP contribution < -0.4 is 20.7 Å². The van der Waals surface area contributed by atoms with Gasteiger partial charge in [-0.15, -0.1) is 0 Å². The molecule has 6 nitrogen and oxygen atoms in total. The van der Waals surface area contributed by atoms with Crippen LogP contribution in [0.15, 0.2) is 48.5 Å².